The summed E-state index contributed by atoms with van der Waals surface area (Å²) >= 11 is 3.08. The van der Waals surface area contributed by atoms with Crippen LogP contribution in [-0.4, -0.2) is 36.1 Å². The van der Waals surface area contributed by atoms with Gasteiger partial charge in [0.2, 0.25) is 5.91 Å². The molecule has 1 saturated heterocycles. The van der Waals surface area contributed by atoms with Gasteiger partial charge in [0.1, 0.15) is 5.75 Å². The van der Waals surface area contributed by atoms with Crippen molar-refractivity contribution in [2.75, 3.05) is 24.7 Å². The van der Waals surface area contributed by atoms with Crippen molar-refractivity contribution in [2.45, 2.75) is 23.8 Å². The number of rotatable bonds is 7. The van der Waals surface area contributed by atoms with E-state index in [0.717, 1.165) is 24.3 Å². The molecule has 0 bridgehead atoms. The number of methoxy groups -OCH3 is 1. The van der Waals surface area contributed by atoms with Gasteiger partial charge in [0.25, 0.3) is 5.91 Å². The van der Waals surface area contributed by atoms with Crippen LogP contribution in [0.5, 0.6) is 5.75 Å². The van der Waals surface area contributed by atoms with Crippen LogP contribution in [0.4, 0.5) is 5.69 Å². The Kier molecular flexibility index (Phi) is 6.94. The number of thiophene rings is 1. The minimum absolute atomic E-state index is 0.0344. The predicted molar refractivity (Wildman–Crippen MR) is 126 cm³/mol. The summed E-state index contributed by atoms with van der Waals surface area (Å²) in [5.41, 5.74) is 1.34. The Balaban J connectivity index is 1.43. The summed E-state index contributed by atoms with van der Waals surface area (Å²) in [7, 11) is 1.59. The van der Waals surface area contributed by atoms with E-state index < -0.39 is 0 Å². The highest BCUT2D eigenvalue weighted by Crippen LogP contribution is 2.36. The molecule has 1 atom stereocenters. The van der Waals surface area contributed by atoms with E-state index in [9.17, 15) is 9.59 Å². The van der Waals surface area contributed by atoms with Crippen molar-refractivity contribution in [1.29, 1.82) is 0 Å². The van der Waals surface area contributed by atoms with Gasteiger partial charge in [-0.2, -0.15) is 0 Å². The fraction of sp³-hybridized carbons (Fsp3) is 0.250. The van der Waals surface area contributed by atoms with Crippen LogP contribution >= 0.6 is 23.1 Å². The van der Waals surface area contributed by atoms with Gasteiger partial charge in [-0.1, -0.05) is 24.3 Å². The second kappa shape index (κ2) is 10.0. The van der Waals surface area contributed by atoms with Gasteiger partial charge < -0.3 is 15.0 Å². The van der Waals surface area contributed by atoms with Crippen LogP contribution in [0.25, 0.3) is 0 Å². The number of ether oxygens (including phenoxy) is 1. The Labute approximate surface area is 190 Å². The van der Waals surface area contributed by atoms with Gasteiger partial charge in [0.15, 0.2) is 0 Å². The lowest BCUT2D eigenvalue weighted by Gasteiger charge is -2.25. The maximum Gasteiger partial charge on any atom is 0.255 e. The van der Waals surface area contributed by atoms with Crippen LogP contribution in [0.3, 0.4) is 0 Å². The molecule has 2 heterocycles. The number of amides is 2. The number of hydrogen-bond donors (Lipinski definition) is 1. The van der Waals surface area contributed by atoms with Crippen LogP contribution in [0.2, 0.25) is 0 Å². The molecule has 1 aliphatic rings. The molecule has 0 aliphatic carbocycles. The lowest BCUT2D eigenvalue weighted by atomic mass is 10.1. The van der Waals surface area contributed by atoms with Gasteiger partial charge in [0.05, 0.1) is 24.5 Å². The fourth-order valence-corrected chi connectivity index (χ4v) is 5.47. The van der Waals surface area contributed by atoms with Gasteiger partial charge in [-0.3, -0.25) is 9.59 Å². The number of benzene rings is 2. The van der Waals surface area contributed by atoms with Gasteiger partial charge >= 0.3 is 0 Å². The maximum absolute atomic E-state index is 13.4. The molecule has 160 valence electrons. The Morgan fingerprint density at radius 1 is 1.16 bits per heavy atom. The summed E-state index contributed by atoms with van der Waals surface area (Å²) in [6, 6.07) is 19.1. The smallest absolute Gasteiger partial charge is 0.255 e. The lowest BCUT2D eigenvalue weighted by molar-refractivity contribution is -0.113. The van der Waals surface area contributed by atoms with E-state index >= 15 is 0 Å². The second-order valence-electron chi connectivity index (χ2n) is 7.24. The third kappa shape index (κ3) is 5.11. The Morgan fingerprint density at radius 3 is 2.84 bits per heavy atom. The number of carbonyl (C=O) groups is 2. The molecule has 2 aromatic carbocycles. The van der Waals surface area contributed by atoms with Crippen molar-refractivity contribution in [1.82, 2.24) is 4.90 Å². The maximum atomic E-state index is 13.4. The van der Waals surface area contributed by atoms with E-state index in [1.54, 1.807) is 24.5 Å². The fourth-order valence-electron chi connectivity index (χ4n) is 3.75. The van der Waals surface area contributed by atoms with Crippen LogP contribution in [0, 0.1) is 0 Å². The van der Waals surface area contributed by atoms with Gasteiger partial charge in [-0.15, -0.1) is 23.1 Å². The zero-order valence-electron chi connectivity index (χ0n) is 17.2. The first-order valence-corrected chi connectivity index (χ1v) is 12.0. The van der Waals surface area contributed by atoms with Crippen molar-refractivity contribution in [2.24, 2.45) is 0 Å². The number of likely N-dealkylation sites (tertiary alicyclic amines) is 1. The number of thioether (sulfide) groups is 1. The molecule has 5 nitrogen and oxygen atoms in total. The van der Waals surface area contributed by atoms with Crippen molar-refractivity contribution in [3.8, 4) is 5.75 Å². The molecule has 7 heteroatoms. The molecule has 0 spiro atoms. The van der Waals surface area contributed by atoms with Gasteiger partial charge in [-0.25, -0.2) is 0 Å². The highest BCUT2D eigenvalue weighted by atomic mass is 32.2. The number of carbonyl (C=O) groups excluding carboxylic acids is 2. The standard InChI is InChI=1S/C24H24N2O3S2/c1-29-18-8-4-7-17(15-18)25-23(27)16-31-21-11-3-2-9-19(21)24(28)26-13-5-10-20(26)22-12-6-14-30-22/h2-4,6-9,11-12,14-15,20H,5,10,13,16H2,1H3,(H,25,27). The third-order valence-corrected chi connectivity index (χ3v) is 7.26. The number of nitrogens with zero attached hydrogens (tertiary/aromatic N) is 1. The Hall–Kier alpha value is -2.77. The van der Waals surface area contributed by atoms with Gasteiger partial charge in [-0.05, 0) is 48.6 Å². The number of hydrogen-bond acceptors (Lipinski definition) is 5. The largest absolute Gasteiger partial charge is 0.497 e. The molecule has 1 aliphatic heterocycles. The Bertz CT molecular complexity index is 1050. The molecule has 3 aromatic rings. The molecule has 1 fully saturated rings. The molecule has 31 heavy (non-hydrogen) atoms. The summed E-state index contributed by atoms with van der Waals surface area (Å²) < 4.78 is 5.19. The van der Waals surface area contributed by atoms with Crippen molar-refractivity contribution in [3.63, 3.8) is 0 Å². The van der Waals surface area contributed by atoms with Crippen LogP contribution in [0.1, 0.15) is 34.1 Å². The minimum Gasteiger partial charge on any atom is -0.497 e. The van der Waals surface area contributed by atoms with E-state index in [0.29, 0.717) is 17.0 Å². The first kappa shape index (κ1) is 21.5. The van der Waals surface area contributed by atoms with E-state index in [2.05, 4.69) is 16.8 Å². The van der Waals surface area contributed by atoms with Crippen LogP contribution < -0.4 is 10.1 Å². The second-order valence-corrected chi connectivity index (χ2v) is 9.23. The van der Waals surface area contributed by atoms with E-state index in [1.807, 2.05) is 53.4 Å². The molecule has 0 saturated carbocycles. The molecule has 0 radical (unpaired) electrons. The highest BCUT2D eigenvalue weighted by Gasteiger charge is 2.32. The zero-order chi connectivity index (χ0) is 21.6. The molecule has 1 aromatic heterocycles. The number of nitrogens with one attached hydrogen (secondary N) is 1. The van der Waals surface area contributed by atoms with Gasteiger partial charge in [0, 0.05) is 28.1 Å². The van der Waals surface area contributed by atoms with Crippen LogP contribution in [-0.2, 0) is 4.79 Å². The summed E-state index contributed by atoms with van der Waals surface area (Å²) in [4.78, 5) is 29.9. The molecule has 4 rings (SSSR count). The first-order valence-electron chi connectivity index (χ1n) is 10.2. The van der Waals surface area contributed by atoms with E-state index in [-0.39, 0.29) is 23.6 Å². The monoisotopic (exact) mass is 452 g/mol. The predicted octanol–water partition coefficient (Wildman–Crippen LogP) is 5.46. The summed E-state index contributed by atoms with van der Waals surface area (Å²) in [5, 5.41) is 4.94. The normalized spacial score (nSPS) is 15.6. The zero-order valence-corrected chi connectivity index (χ0v) is 18.9. The molecule has 1 N–H and O–H groups in total. The summed E-state index contributed by atoms with van der Waals surface area (Å²) in [5.74, 6) is 0.813. The first-order chi connectivity index (χ1) is 15.2. The van der Waals surface area contributed by atoms with Crippen molar-refractivity contribution >= 4 is 40.6 Å². The number of anilines is 1. The lowest BCUT2D eigenvalue weighted by Crippen LogP contribution is -2.30. The molecule has 1 unspecified atom stereocenters. The molecular weight excluding hydrogens is 428 g/mol. The summed E-state index contributed by atoms with van der Waals surface area (Å²) in [6.07, 6.45) is 2.00. The summed E-state index contributed by atoms with van der Waals surface area (Å²) in [6.45, 7) is 0.761. The van der Waals surface area contributed by atoms with E-state index in [4.69, 9.17) is 4.74 Å². The SMILES string of the molecule is COc1cccc(NC(=O)CSc2ccccc2C(=O)N2CCCC2c2cccs2)c1. The third-order valence-electron chi connectivity index (χ3n) is 5.21. The van der Waals surface area contributed by atoms with Crippen LogP contribution in [0.15, 0.2) is 70.9 Å². The average molecular weight is 453 g/mol. The van der Waals surface area contributed by atoms with Crippen molar-refractivity contribution in [3.05, 3.63) is 76.5 Å². The average Bonchev–Trinajstić information content (AvgIpc) is 3.49. The Morgan fingerprint density at radius 2 is 2.03 bits per heavy atom. The molecule has 2 amide bonds. The quantitative estimate of drug-likeness (QED) is 0.483. The molecular formula is C24H24N2O3S2. The highest BCUT2D eigenvalue weighted by molar-refractivity contribution is 8.00. The van der Waals surface area contributed by atoms with Crippen molar-refractivity contribution < 1.29 is 14.3 Å². The topological polar surface area (TPSA) is 58.6 Å². The van der Waals surface area contributed by atoms with E-state index in [1.165, 1.54) is 16.6 Å². The minimum atomic E-state index is -0.127.